The molecule has 1 amide bonds. The Morgan fingerprint density at radius 3 is 2.74 bits per heavy atom. The summed E-state index contributed by atoms with van der Waals surface area (Å²) in [6.45, 7) is 3.90. The van der Waals surface area contributed by atoms with Crippen molar-refractivity contribution in [3.63, 3.8) is 0 Å². The smallest absolute Gasteiger partial charge is 0.252 e. The number of carbonyl (C=O) groups is 1. The summed E-state index contributed by atoms with van der Waals surface area (Å²) >= 11 is 3.37. The Morgan fingerprint density at radius 1 is 1.26 bits per heavy atom. The third kappa shape index (κ3) is 3.39. The summed E-state index contributed by atoms with van der Waals surface area (Å²) in [5.74, 6) is 0.563. The monoisotopic (exact) mass is 373 g/mol. The first-order chi connectivity index (χ1) is 11.0. The van der Waals surface area contributed by atoms with E-state index in [1.165, 1.54) is 6.33 Å². The van der Waals surface area contributed by atoms with E-state index in [2.05, 4.69) is 36.3 Å². The number of anilines is 1. The lowest BCUT2D eigenvalue weighted by atomic mass is 10.1. The highest BCUT2D eigenvalue weighted by molar-refractivity contribution is 9.10. The zero-order valence-electron chi connectivity index (χ0n) is 12.9. The largest absolute Gasteiger partial charge is 0.326 e. The normalized spacial score (nSPS) is 10.9. The fraction of sp³-hybridized carbons (Fsp3) is 0.250. The Labute approximate surface area is 142 Å². The number of aryl methyl sites for hydroxylation is 2. The number of carbonyl (C=O) groups excluding carboxylic acids is 1. The van der Waals surface area contributed by atoms with E-state index in [4.69, 9.17) is 0 Å². The number of hydrogen-bond acceptors (Lipinski definition) is 4. The highest BCUT2D eigenvalue weighted by atomic mass is 79.9. The van der Waals surface area contributed by atoms with Gasteiger partial charge in [-0.3, -0.25) is 4.79 Å². The SMILES string of the molecule is Cc1nc2ncnn2c(C)c1CCC(=O)Nc1ccc(Br)cc1. The van der Waals surface area contributed by atoms with Crippen molar-refractivity contribution in [3.8, 4) is 0 Å². The molecule has 0 fully saturated rings. The van der Waals surface area contributed by atoms with Crippen LogP contribution in [0.3, 0.4) is 0 Å². The van der Waals surface area contributed by atoms with Gasteiger partial charge in [-0.15, -0.1) is 0 Å². The predicted molar refractivity (Wildman–Crippen MR) is 91.3 cm³/mol. The van der Waals surface area contributed by atoms with Crippen LogP contribution in [-0.2, 0) is 11.2 Å². The number of nitrogens with zero attached hydrogens (tertiary/aromatic N) is 4. The van der Waals surface area contributed by atoms with Crippen LogP contribution < -0.4 is 5.32 Å². The molecule has 1 aromatic carbocycles. The van der Waals surface area contributed by atoms with E-state index >= 15 is 0 Å². The molecule has 7 heteroatoms. The summed E-state index contributed by atoms with van der Waals surface area (Å²) < 4.78 is 2.68. The van der Waals surface area contributed by atoms with E-state index in [0.717, 1.165) is 27.1 Å². The Bertz CT molecular complexity index is 857. The molecule has 3 rings (SSSR count). The lowest BCUT2D eigenvalue weighted by Crippen LogP contribution is -2.14. The summed E-state index contributed by atoms with van der Waals surface area (Å²) in [5, 5.41) is 7.06. The maximum atomic E-state index is 12.1. The first kappa shape index (κ1) is 15.6. The Balaban J connectivity index is 1.70. The Kier molecular flexibility index (Phi) is 4.38. The second-order valence-corrected chi connectivity index (χ2v) is 6.20. The van der Waals surface area contributed by atoms with Crippen molar-refractivity contribution in [3.05, 3.63) is 52.0 Å². The number of benzene rings is 1. The predicted octanol–water partition coefficient (Wildman–Crippen LogP) is 3.07. The topological polar surface area (TPSA) is 72.2 Å². The summed E-state index contributed by atoms with van der Waals surface area (Å²) in [6.07, 6.45) is 2.49. The van der Waals surface area contributed by atoms with Gasteiger partial charge in [0.25, 0.3) is 5.78 Å². The zero-order chi connectivity index (χ0) is 16.4. The Hall–Kier alpha value is -2.28. The maximum absolute atomic E-state index is 12.1. The van der Waals surface area contributed by atoms with E-state index in [-0.39, 0.29) is 5.91 Å². The summed E-state index contributed by atoms with van der Waals surface area (Å²) in [7, 11) is 0. The van der Waals surface area contributed by atoms with Gasteiger partial charge in [0.05, 0.1) is 0 Å². The van der Waals surface area contributed by atoms with Crippen LogP contribution in [0.15, 0.2) is 35.1 Å². The molecular formula is C16H16BrN5O. The molecule has 0 saturated carbocycles. The summed E-state index contributed by atoms with van der Waals surface area (Å²) in [5.41, 5.74) is 3.69. The van der Waals surface area contributed by atoms with Gasteiger partial charge in [-0.1, -0.05) is 15.9 Å². The van der Waals surface area contributed by atoms with E-state index < -0.39 is 0 Å². The quantitative estimate of drug-likeness (QED) is 0.762. The van der Waals surface area contributed by atoms with Gasteiger partial charge >= 0.3 is 0 Å². The number of hydrogen-bond donors (Lipinski definition) is 1. The molecule has 1 N–H and O–H groups in total. The van der Waals surface area contributed by atoms with Crippen molar-refractivity contribution in [1.82, 2.24) is 19.6 Å². The standard InChI is InChI=1S/C16H16BrN5O/c1-10-14(11(2)22-16(20-10)18-9-19-22)7-8-15(23)21-13-5-3-12(17)4-6-13/h3-6,9H,7-8H2,1-2H3,(H,21,23). The van der Waals surface area contributed by atoms with Crippen molar-refractivity contribution in [2.45, 2.75) is 26.7 Å². The van der Waals surface area contributed by atoms with Crippen LogP contribution in [0.25, 0.3) is 5.78 Å². The minimum absolute atomic E-state index is 0.0233. The molecule has 118 valence electrons. The van der Waals surface area contributed by atoms with Gasteiger partial charge in [0.1, 0.15) is 6.33 Å². The third-order valence-electron chi connectivity index (χ3n) is 3.72. The molecule has 3 aromatic rings. The van der Waals surface area contributed by atoms with Crippen molar-refractivity contribution in [2.75, 3.05) is 5.32 Å². The van der Waals surface area contributed by atoms with Crippen molar-refractivity contribution >= 4 is 33.3 Å². The van der Waals surface area contributed by atoms with Crippen LogP contribution in [0.1, 0.15) is 23.4 Å². The molecule has 0 saturated heterocycles. The number of halogens is 1. The molecule has 0 aliphatic carbocycles. The number of nitrogens with one attached hydrogen (secondary N) is 1. The van der Waals surface area contributed by atoms with Crippen LogP contribution >= 0.6 is 15.9 Å². The number of amides is 1. The summed E-state index contributed by atoms with van der Waals surface area (Å²) in [4.78, 5) is 20.6. The fourth-order valence-corrected chi connectivity index (χ4v) is 2.78. The lowest BCUT2D eigenvalue weighted by Gasteiger charge is -2.10. The van der Waals surface area contributed by atoms with Crippen LogP contribution in [0, 0.1) is 13.8 Å². The minimum atomic E-state index is -0.0233. The number of rotatable bonds is 4. The minimum Gasteiger partial charge on any atom is -0.326 e. The van der Waals surface area contributed by atoms with Crippen molar-refractivity contribution in [2.24, 2.45) is 0 Å². The number of fused-ring (bicyclic) bond motifs is 1. The molecule has 0 radical (unpaired) electrons. The van der Waals surface area contributed by atoms with Gasteiger partial charge in [0.2, 0.25) is 5.91 Å². The highest BCUT2D eigenvalue weighted by Crippen LogP contribution is 2.17. The summed E-state index contributed by atoms with van der Waals surface area (Å²) in [6, 6.07) is 7.52. The second kappa shape index (κ2) is 6.45. The molecule has 6 nitrogen and oxygen atoms in total. The molecular weight excluding hydrogens is 358 g/mol. The molecule has 2 heterocycles. The molecule has 0 unspecified atom stereocenters. The maximum Gasteiger partial charge on any atom is 0.252 e. The fourth-order valence-electron chi connectivity index (χ4n) is 2.51. The first-order valence-corrected chi connectivity index (χ1v) is 8.05. The zero-order valence-corrected chi connectivity index (χ0v) is 14.5. The molecule has 0 spiro atoms. The highest BCUT2D eigenvalue weighted by Gasteiger charge is 2.12. The van der Waals surface area contributed by atoms with Crippen LogP contribution in [-0.4, -0.2) is 25.5 Å². The van der Waals surface area contributed by atoms with Crippen LogP contribution in [0.2, 0.25) is 0 Å². The van der Waals surface area contributed by atoms with Gasteiger partial charge in [-0.25, -0.2) is 9.50 Å². The van der Waals surface area contributed by atoms with Crippen molar-refractivity contribution < 1.29 is 4.79 Å². The van der Waals surface area contributed by atoms with Gasteiger partial charge in [-0.2, -0.15) is 10.1 Å². The lowest BCUT2D eigenvalue weighted by molar-refractivity contribution is -0.116. The average molecular weight is 374 g/mol. The Morgan fingerprint density at radius 2 is 2.00 bits per heavy atom. The van der Waals surface area contributed by atoms with Crippen LogP contribution in [0.5, 0.6) is 0 Å². The second-order valence-electron chi connectivity index (χ2n) is 5.29. The average Bonchev–Trinajstić information content (AvgIpc) is 2.98. The van der Waals surface area contributed by atoms with Gasteiger partial charge < -0.3 is 5.32 Å². The number of aromatic nitrogens is 4. The molecule has 0 bridgehead atoms. The van der Waals surface area contributed by atoms with E-state index in [9.17, 15) is 4.79 Å². The third-order valence-corrected chi connectivity index (χ3v) is 4.25. The van der Waals surface area contributed by atoms with Gasteiger partial charge in [0.15, 0.2) is 0 Å². The van der Waals surface area contributed by atoms with E-state index in [1.54, 1.807) is 4.52 Å². The van der Waals surface area contributed by atoms with Gasteiger partial charge in [-0.05, 0) is 50.1 Å². The van der Waals surface area contributed by atoms with Gasteiger partial charge in [0, 0.05) is 28.0 Å². The van der Waals surface area contributed by atoms with E-state index in [1.807, 2.05) is 38.1 Å². The molecule has 23 heavy (non-hydrogen) atoms. The van der Waals surface area contributed by atoms with E-state index in [0.29, 0.717) is 18.6 Å². The first-order valence-electron chi connectivity index (χ1n) is 7.26. The van der Waals surface area contributed by atoms with Crippen molar-refractivity contribution in [1.29, 1.82) is 0 Å². The molecule has 0 aliphatic heterocycles. The molecule has 2 aromatic heterocycles. The molecule has 0 aliphatic rings. The molecule has 0 atom stereocenters. The van der Waals surface area contributed by atoms with Crippen LogP contribution in [0.4, 0.5) is 5.69 Å².